The van der Waals surface area contributed by atoms with Gasteiger partial charge in [0.15, 0.2) is 0 Å². The van der Waals surface area contributed by atoms with Gasteiger partial charge in [-0.3, -0.25) is 4.57 Å². The Labute approximate surface area is 78.5 Å². The fourth-order valence-electron chi connectivity index (χ4n) is 0.279. The van der Waals surface area contributed by atoms with Gasteiger partial charge >= 0.3 is 7.60 Å². The molecule has 1 unspecified atom stereocenters. The van der Waals surface area contributed by atoms with E-state index in [0.29, 0.717) is 0 Å². The van der Waals surface area contributed by atoms with Crippen LogP contribution in [-0.4, -0.2) is 28.7 Å². The van der Waals surface area contributed by atoms with Crippen LogP contribution >= 0.6 is 7.60 Å². The molecule has 0 amide bonds. The number of hydrogen-bond donors (Lipinski definition) is 2. The first-order chi connectivity index (χ1) is 5.90. The van der Waals surface area contributed by atoms with Gasteiger partial charge in [-0.05, 0) is 20.8 Å². The maximum absolute atomic E-state index is 10.0. The standard InChI is InChI=1S/C4H10O.C3H6NO3P/c1-3-5-4-2;1-3(2-4)8(5,6)7/h3-4H2,1-2H3;3H,1H3,(H2,5,6,7). The summed E-state index contributed by atoms with van der Waals surface area (Å²) in [7, 11) is -4.12. The molecule has 6 heteroatoms. The summed E-state index contributed by atoms with van der Waals surface area (Å²) in [5.41, 5.74) is -1.18. The van der Waals surface area contributed by atoms with Gasteiger partial charge in [-0.25, -0.2) is 0 Å². The SMILES string of the molecule is CC(C#N)P(=O)(O)O.CCOCC. The van der Waals surface area contributed by atoms with E-state index in [0.717, 1.165) is 13.2 Å². The van der Waals surface area contributed by atoms with Crippen molar-refractivity contribution in [3.63, 3.8) is 0 Å². The zero-order valence-corrected chi connectivity index (χ0v) is 8.99. The quantitative estimate of drug-likeness (QED) is 0.679. The van der Waals surface area contributed by atoms with Gasteiger partial charge in [-0.1, -0.05) is 0 Å². The van der Waals surface area contributed by atoms with E-state index in [1.165, 1.54) is 13.0 Å². The summed E-state index contributed by atoms with van der Waals surface area (Å²) in [6.45, 7) is 6.85. The summed E-state index contributed by atoms with van der Waals surface area (Å²) in [4.78, 5) is 16.3. The van der Waals surface area contributed by atoms with E-state index in [2.05, 4.69) is 0 Å². The van der Waals surface area contributed by atoms with Crippen LogP contribution in [-0.2, 0) is 9.30 Å². The van der Waals surface area contributed by atoms with Crippen molar-refractivity contribution < 1.29 is 19.1 Å². The third-order valence-corrected chi connectivity index (χ3v) is 2.22. The molecule has 0 aliphatic heterocycles. The van der Waals surface area contributed by atoms with Crippen LogP contribution in [0.5, 0.6) is 0 Å². The summed E-state index contributed by atoms with van der Waals surface area (Å²) < 4.78 is 14.9. The molecule has 0 aliphatic rings. The molecule has 0 rings (SSSR count). The van der Waals surface area contributed by atoms with Crippen molar-refractivity contribution in [3.05, 3.63) is 0 Å². The van der Waals surface area contributed by atoms with Crippen molar-refractivity contribution in [1.29, 1.82) is 5.26 Å². The molecule has 2 N–H and O–H groups in total. The largest absolute Gasteiger partial charge is 0.382 e. The van der Waals surface area contributed by atoms with Gasteiger partial charge in [0.25, 0.3) is 0 Å². The lowest BCUT2D eigenvalue weighted by Crippen LogP contribution is -1.97. The van der Waals surface area contributed by atoms with E-state index in [9.17, 15) is 4.57 Å². The van der Waals surface area contributed by atoms with Gasteiger partial charge < -0.3 is 14.5 Å². The second kappa shape index (κ2) is 8.21. The van der Waals surface area contributed by atoms with Crippen LogP contribution in [0.2, 0.25) is 0 Å². The minimum Gasteiger partial charge on any atom is -0.382 e. The zero-order valence-electron chi connectivity index (χ0n) is 8.10. The molecule has 0 aromatic heterocycles. The molecule has 0 bridgehead atoms. The molecule has 0 aromatic carbocycles. The van der Waals surface area contributed by atoms with Crippen LogP contribution in [0, 0.1) is 11.3 Å². The van der Waals surface area contributed by atoms with Crippen LogP contribution in [0.15, 0.2) is 0 Å². The summed E-state index contributed by atoms with van der Waals surface area (Å²) in [6.07, 6.45) is 0. The number of nitrogens with zero attached hydrogens (tertiary/aromatic N) is 1. The summed E-state index contributed by atoms with van der Waals surface area (Å²) in [5, 5.41) is 7.93. The van der Waals surface area contributed by atoms with E-state index >= 15 is 0 Å². The van der Waals surface area contributed by atoms with Gasteiger partial charge in [0, 0.05) is 13.2 Å². The summed E-state index contributed by atoms with van der Waals surface area (Å²) >= 11 is 0. The molecular weight excluding hydrogens is 193 g/mol. The van der Waals surface area contributed by atoms with Crippen LogP contribution in [0.4, 0.5) is 0 Å². The number of hydrogen-bond acceptors (Lipinski definition) is 3. The molecule has 0 spiro atoms. The molecule has 0 heterocycles. The Hall–Kier alpha value is -0.400. The lowest BCUT2D eigenvalue weighted by Gasteiger charge is -2.01. The van der Waals surface area contributed by atoms with Crippen LogP contribution in [0.25, 0.3) is 0 Å². The van der Waals surface area contributed by atoms with Gasteiger partial charge in [-0.2, -0.15) is 5.26 Å². The Balaban J connectivity index is 0. The normalized spacial score (nSPS) is 12.3. The van der Waals surface area contributed by atoms with Crippen LogP contribution < -0.4 is 0 Å². The molecule has 5 nitrogen and oxygen atoms in total. The first kappa shape index (κ1) is 15.1. The van der Waals surface area contributed by atoms with E-state index in [-0.39, 0.29) is 0 Å². The third-order valence-electron chi connectivity index (χ3n) is 1.10. The molecule has 0 aromatic rings. The first-order valence-electron chi connectivity index (χ1n) is 3.92. The predicted octanol–water partition coefficient (Wildman–Crippen LogP) is 1.12. The highest BCUT2D eigenvalue weighted by molar-refractivity contribution is 7.52. The van der Waals surface area contributed by atoms with E-state index in [1.807, 2.05) is 13.8 Å². The highest BCUT2D eigenvalue weighted by atomic mass is 31.2. The van der Waals surface area contributed by atoms with Crippen molar-refractivity contribution in [1.82, 2.24) is 0 Å². The van der Waals surface area contributed by atoms with E-state index in [1.54, 1.807) is 0 Å². The molecule has 0 fully saturated rings. The Morgan fingerprint density at radius 2 is 1.85 bits per heavy atom. The zero-order chi connectivity index (χ0) is 10.9. The Morgan fingerprint density at radius 3 is 1.85 bits per heavy atom. The van der Waals surface area contributed by atoms with Crippen molar-refractivity contribution in [3.8, 4) is 6.07 Å². The molecule has 0 saturated heterocycles. The highest BCUT2D eigenvalue weighted by Gasteiger charge is 2.22. The van der Waals surface area contributed by atoms with Crippen LogP contribution in [0.3, 0.4) is 0 Å². The van der Waals surface area contributed by atoms with E-state index in [4.69, 9.17) is 19.8 Å². The third kappa shape index (κ3) is 11.6. The fraction of sp³-hybridized carbons (Fsp3) is 0.857. The molecule has 0 radical (unpaired) electrons. The average molecular weight is 209 g/mol. The number of ether oxygens (including phenoxy) is 1. The minimum atomic E-state index is -4.12. The number of nitriles is 1. The van der Waals surface area contributed by atoms with Gasteiger partial charge in [0.05, 0.1) is 6.07 Å². The lowest BCUT2D eigenvalue weighted by atomic mass is 10.5. The maximum atomic E-state index is 10.0. The van der Waals surface area contributed by atoms with Crippen molar-refractivity contribution in [2.45, 2.75) is 26.4 Å². The van der Waals surface area contributed by atoms with Gasteiger partial charge in [-0.15, -0.1) is 0 Å². The van der Waals surface area contributed by atoms with Crippen molar-refractivity contribution in [2.75, 3.05) is 13.2 Å². The molecule has 0 saturated carbocycles. The second-order valence-corrected chi connectivity index (χ2v) is 4.13. The van der Waals surface area contributed by atoms with E-state index < -0.39 is 13.3 Å². The molecule has 0 aliphatic carbocycles. The summed E-state index contributed by atoms with van der Waals surface area (Å²) in [6, 6.07) is 1.44. The first-order valence-corrected chi connectivity index (χ1v) is 5.60. The maximum Gasteiger partial charge on any atom is 0.342 e. The molecular formula is C7H16NO4P. The second-order valence-electron chi connectivity index (χ2n) is 2.18. The minimum absolute atomic E-state index is 0.844. The van der Waals surface area contributed by atoms with Crippen LogP contribution in [0.1, 0.15) is 20.8 Å². The average Bonchev–Trinajstić information content (AvgIpc) is 2.04. The van der Waals surface area contributed by atoms with Gasteiger partial charge in [0.2, 0.25) is 0 Å². The summed E-state index contributed by atoms with van der Waals surface area (Å²) in [5.74, 6) is 0. The predicted molar refractivity (Wildman–Crippen MR) is 49.3 cm³/mol. The Morgan fingerprint density at radius 1 is 1.46 bits per heavy atom. The Bertz CT molecular complexity index is 193. The molecule has 13 heavy (non-hydrogen) atoms. The topological polar surface area (TPSA) is 90.6 Å². The highest BCUT2D eigenvalue weighted by Crippen LogP contribution is 2.39. The van der Waals surface area contributed by atoms with Crippen molar-refractivity contribution in [2.24, 2.45) is 0 Å². The monoisotopic (exact) mass is 209 g/mol. The lowest BCUT2D eigenvalue weighted by molar-refractivity contribution is 0.162. The smallest absolute Gasteiger partial charge is 0.342 e. The van der Waals surface area contributed by atoms with Crippen molar-refractivity contribution >= 4 is 7.60 Å². The Kier molecular flexibility index (Phi) is 9.53. The molecule has 78 valence electrons. The fourth-order valence-corrected chi connectivity index (χ4v) is 0.430. The molecule has 1 atom stereocenters. The number of rotatable bonds is 3. The van der Waals surface area contributed by atoms with Gasteiger partial charge in [0.1, 0.15) is 5.66 Å².